The lowest BCUT2D eigenvalue weighted by molar-refractivity contribution is -0.115. The van der Waals surface area contributed by atoms with Crippen molar-refractivity contribution >= 4 is 23.2 Å². The van der Waals surface area contributed by atoms with E-state index in [9.17, 15) is 4.79 Å². The van der Waals surface area contributed by atoms with Crippen LogP contribution in [-0.2, 0) is 17.6 Å². The van der Waals surface area contributed by atoms with Gasteiger partial charge in [0, 0.05) is 10.7 Å². The van der Waals surface area contributed by atoms with Gasteiger partial charge in [-0.3, -0.25) is 4.79 Å². The summed E-state index contributed by atoms with van der Waals surface area (Å²) in [5.41, 5.74) is 8.40. The number of fused-ring (bicyclic) bond motifs is 1. The van der Waals surface area contributed by atoms with Gasteiger partial charge >= 0.3 is 0 Å². The Morgan fingerprint density at radius 2 is 2.29 bits per heavy atom. The summed E-state index contributed by atoms with van der Waals surface area (Å²) in [6, 6.07) is 3.69. The first-order valence-electron chi connectivity index (χ1n) is 4.52. The van der Waals surface area contributed by atoms with E-state index in [1.54, 1.807) is 0 Å². The van der Waals surface area contributed by atoms with E-state index in [1.807, 2.05) is 12.1 Å². The predicted octanol–water partition coefficient (Wildman–Crippen LogP) is 1.34. The van der Waals surface area contributed by atoms with Crippen molar-refractivity contribution in [2.24, 2.45) is 5.73 Å². The fraction of sp³-hybridized carbons (Fsp3) is 0.300. The van der Waals surface area contributed by atoms with Crippen molar-refractivity contribution in [3.05, 3.63) is 28.3 Å². The van der Waals surface area contributed by atoms with E-state index < -0.39 is 0 Å². The predicted molar refractivity (Wildman–Crippen MR) is 56.5 cm³/mol. The zero-order chi connectivity index (χ0) is 10.1. The molecular formula is C10H11ClN2O. The third-order valence-corrected chi connectivity index (χ3v) is 2.51. The maximum Gasteiger partial charge on any atom is 0.228 e. The van der Waals surface area contributed by atoms with Crippen LogP contribution >= 0.6 is 11.6 Å². The number of halogens is 1. The number of hydrogen-bond acceptors (Lipinski definition) is 2. The largest absolute Gasteiger partial charge is 0.330 e. The lowest BCUT2D eigenvalue weighted by Gasteiger charge is -2.07. The average molecular weight is 211 g/mol. The summed E-state index contributed by atoms with van der Waals surface area (Å²) in [5.74, 6) is 0.0283. The molecule has 0 fully saturated rings. The van der Waals surface area contributed by atoms with Crippen molar-refractivity contribution in [2.75, 3.05) is 11.9 Å². The molecule has 0 aliphatic carbocycles. The zero-order valence-electron chi connectivity index (χ0n) is 7.64. The van der Waals surface area contributed by atoms with Gasteiger partial charge in [0.1, 0.15) is 0 Å². The van der Waals surface area contributed by atoms with E-state index in [4.69, 9.17) is 17.3 Å². The van der Waals surface area contributed by atoms with Gasteiger partial charge in [-0.2, -0.15) is 0 Å². The second-order valence-electron chi connectivity index (χ2n) is 3.36. The minimum atomic E-state index is 0.0283. The molecular weight excluding hydrogens is 200 g/mol. The highest BCUT2D eigenvalue weighted by Gasteiger charge is 2.20. The third kappa shape index (κ3) is 1.61. The Kier molecular flexibility index (Phi) is 2.44. The lowest BCUT2D eigenvalue weighted by Crippen LogP contribution is -2.07. The molecule has 0 saturated heterocycles. The quantitative estimate of drug-likeness (QED) is 0.774. The molecule has 3 N–H and O–H groups in total. The molecule has 0 atom stereocenters. The smallest absolute Gasteiger partial charge is 0.228 e. The van der Waals surface area contributed by atoms with Gasteiger partial charge in [0.05, 0.1) is 6.42 Å². The number of carbonyl (C=O) groups is 1. The molecule has 0 radical (unpaired) electrons. The first-order chi connectivity index (χ1) is 6.70. The molecule has 1 aromatic carbocycles. The van der Waals surface area contributed by atoms with E-state index in [1.165, 1.54) is 0 Å². The van der Waals surface area contributed by atoms with Crippen molar-refractivity contribution in [2.45, 2.75) is 12.8 Å². The molecule has 1 aliphatic rings. The standard InChI is InChI=1S/C10H11ClN2O/c11-8-3-6(1-2-12)10-7(4-8)5-9(14)13-10/h3-4H,1-2,5,12H2,(H,13,14). The van der Waals surface area contributed by atoms with Crippen molar-refractivity contribution in [3.8, 4) is 0 Å². The van der Waals surface area contributed by atoms with Crippen molar-refractivity contribution in [1.29, 1.82) is 0 Å². The molecule has 14 heavy (non-hydrogen) atoms. The highest BCUT2D eigenvalue weighted by atomic mass is 35.5. The first-order valence-corrected chi connectivity index (χ1v) is 4.89. The van der Waals surface area contributed by atoms with Crippen LogP contribution in [-0.4, -0.2) is 12.5 Å². The fourth-order valence-electron chi connectivity index (χ4n) is 1.73. The summed E-state index contributed by atoms with van der Waals surface area (Å²) in [7, 11) is 0. The molecule has 0 bridgehead atoms. The van der Waals surface area contributed by atoms with E-state index in [0.717, 1.165) is 23.2 Å². The normalized spacial score (nSPS) is 14.0. The second kappa shape index (κ2) is 3.59. The first kappa shape index (κ1) is 9.49. The molecule has 0 spiro atoms. The molecule has 3 nitrogen and oxygen atoms in total. The van der Waals surface area contributed by atoms with Crippen LogP contribution in [0.2, 0.25) is 5.02 Å². The van der Waals surface area contributed by atoms with Gasteiger partial charge < -0.3 is 11.1 Å². The van der Waals surface area contributed by atoms with Crippen LogP contribution in [0.1, 0.15) is 11.1 Å². The van der Waals surface area contributed by atoms with E-state index in [-0.39, 0.29) is 5.91 Å². The Labute approximate surface area is 87.2 Å². The Balaban J connectivity index is 2.46. The molecule has 74 valence electrons. The van der Waals surface area contributed by atoms with Crippen molar-refractivity contribution in [3.63, 3.8) is 0 Å². The minimum absolute atomic E-state index is 0.0283. The van der Waals surface area contributed by atoms with Crippen LogP contribution < -0.4 is 11.1 Å². The zero-order valence-corrected chi connectivity index (χ0v) is 8.40. The SMILES string of the molecule is NCCc1cc(Cl)cc2c1NC(=O)C2. The molecule has 1 aliphatic heterocycles. The Morgan fingerprint density at radius 3 is 3.00 bits per heavy atom. The lowest BCUT2D eigenvalue weighted by atomic mass is 10.1. The maximum absolute atomic E-state index is 11.2. The van der Waals surface area contributed by atoms with Crippen LogP contribution in [0.3, 0.4) is 0 Å². The van der Waals surface area contributed by atoms with Crippen LogP contribution in [0.15, 0.2) is 12.1 Å². The van der Waals surface area contributed by atoms with Gasteiger partial charge in [-0.25, -0.2) is 0 Å². The number of rotatable bonds is 2. The molecule has 1 amide bonds. The van der Waals surface area contributed by atoms with Gasteiger partial charge in [0.25, 0.3) is 0 Å². The minimum Gasteiger partial charge on any atom is -0.330 e. The Hall–Kier alpha value is -1.06. The van der Waals surface area contributed by atoms with Crippen molar-refractivity contribution < 1.29 is 4.79 Å². The number of nitrogens with one attached hydrogen (secondary N) is 1. The number of benzene rings is 1. The maximum atomic E-state index is 11.2. The Morgan fingerprint density at radius 1 is 1.50 bits per heavy atom. The molecule has 1 aromatic rings. The number of anilines is 1. The van der Waals surface area contributed by atoms with Gasteiger partial charge in [-0.15, -0.1) is 0 Å². The molecule has 0 saturated carbocycles. The monoisotopic (exact) mass is 210 g/mol. The van der Waals surface area contributed by atoms with Crippen LogP contribution in [0.4, 0.5) is 5.69 Å². The fourth-order valence-corrected chi connectivity index (χ4v) is 2.00. The summed E-state index contributed by atoms with van der Waals surface area (Å²) in [4.78, 5) is 11.2. The summed E-state index contributed by atoms with van der Waals surface area (Å²) in [5, 5.41) is 3.49. The molecule has 0 unspecified atom stereocenters. The summed E-state index contributed by atoms with van der Waals surface area (Å²) in [6.45, 7) is 0.558. The number of hydrogen-bond donors (Lipinski definition) is 2. The van der Waals surface area contributed by atoms with Gasteiger partial charge in [-0.05, 0) is 36.2 Å². The Bertz CT molecular complexity index is 390. The summed E-state index contributed by atoms with van der Waals surface area (Å²) >= 11 is 5.93. The van der Waals surface area contributed by atoms with Crippen LogP contribution in [0, 0.1) is 0 Å². The highest BCUT2D eigenvalue weighted by Crippen LogP contribution is 2.30. The molecule has 0 aromatic heterocycles. The van der Waals surface area contributed by atoms with Crippen LogP contribution in [0.5, 0.6) is 0 Å². The highest BCUT2D eigenvalue weighted by molar-refractivity contribution is 6.31. The van der Waals surface area contributed by atoms with E-state index in [0.29, 0.717) is 18.0 Å². The molecule has 2 rings (SSSR count). The molecule has 1 heterocycles. The third-order valence-electron chi connectivity index (χ3n) is 2.30. The van der Waals surface area contributed by atoms with Gasteiger partial charge in [-0.1, -0.05) is 11.6 Å². The average Bonchev–Trinajstić information content (AvgIpc) is 2.45. The van der Waals surface area contributed by atoms with Crippen molar-refractivity contribution in [1.82, 2.24) is 0 Å². The summed E-state index contributed by atoms with van der Waals surface area (Å²) < 4.78 is 0. The van der Waals surface area contributed by atoms with E-state index >= 15 is 0 Å². The number of carbonyl (C=O) groups excluding carboxylic acids is 1. The van der Waals surface area contributed by atoms with E-state index in [2.05, 4.69) is 5.32 Å². The summed E-state index contributed by atoms with van der Waals surface area (Å²) in [6.07, 6.45) is 1.16. The number of nitrogens with two attached hydrogens (primary N) is 1. The van der Waals surface area contributed by atoms with Gasteiger partial charge in [0.15, 0.2) is 0 Å². The van der Waals surface area contributed by atoms with Crippen LogP contribution in [0.25, 0.3) is 0 Å². The molecule has 4 heteroatoms. The number of amides is 1. The topological polar surface area (TPSA) is 55.1 Å². The second-order valence-corrected chi connectivity index (χ2v) is 3.80. The van der Waals surface area contributed by atoms with Gasteiger partial charge in [0.2, 0.25) is 5.91 Å².